The summed E-state index contributed by atoms with van der Waals surface area (Å²) in [6.45, 7) is 0. The van der Waals surface area contributed by atoms with Crippen molar-refractivity contribution in [1.82, 2.24) is 9.97 Å². The van der Waals surface area contributed by atoms with E-state index in [2.05, 4.69) is 36.5 Å². The van der Waals surface area contributed by atoms with E-state index in [-0.39, 0.29) is 0 Å². The van der Waals surface area contributed by atoms with Gasteiger partial charge in [0, 0.05) is 29.3 Å². The fourth-order valence-electron chi connectivity index (χ4n) is 1.46. The largest absolute Gasteiger partial charge is 0.497 e. The van der Waals surface area contributed by atoms with Crippen molar-refractivity contribution in [2.45, 2.75) is 0 Å². The molecule has 0 atom stereocenters. The van der Waals surface area contributed by atoms with E-state index in [0.717, 1.165) is 27.5 Å². The van der Waals surface area contributed by atoms with E-state index in [0.29, 0.717) is 0 Å². The van der Waals surface area contributed by atoms with Crippen LogP contribution in [0.15, 0.2) is 35.1 Å². The van der Waals surface area contributed by atoms with Crippen LogP contribution in [-0.4, -0.2) is 24.1 Å². The molecule has 0 unspecified atom stereocenters. The number of hydrogen-bond donors (Lipinski definition) is 2. The lowest BCUT2D eigenvalue weighted by Crippen LogP contribution is -1.98. The first kappa shape index (κ1) is 12.6. The molecule has 0 bridgehead atoms. The molecule has 1 aromatic carbocycles. The van der Waals surface area contributed by atoms with Crippen LogP contribution >= 0.6 is 15.9 Å². The molecule has 2 aromatic rings. The minimum Gasteiger partial charge on any atom is -0.497 e. The summed E-state index contributed by atoms with van der Waals surface area (Å²) in [4.78, 5) is 8.20. The van der Waals surface area contributed by atoms with Gasteiger partial charge < -0.3 is 15.4 Å². The molecule has 1 aromatic heterocycles. The molecule has 6 heteroatoms. The highest BCUT2D eigenvalue weighted by Crippen LogP contribution is 2.26. The highest BCUT2D eigenvalue weighted by atomic mass is 79.9. The van der Waals surface area contributed by atoms with Gasteiger partial charge >= 0.3 is 0 Å². The molecule has 2 N–H and O–H groups in total. The molecule has 0 aliphatic heterocycles. The van der Waals surface area contributed by atoms with Crippen molar-refractivity contribution in [3.63, 3.8) is 0 Å². The zero-order valence-electron chi connectivity index (χ0n) is 10.1. The third-order valence-corrected chi connectivity index (χ3v) is 2.76. The van der Waals surface area contributed by atoms with Gasteiger partial charge in [0.1, 0.15) is 23.7 Å². The average molecular weight is 309 g/mol. The quantitative estimate of drug-likeness (QED) is 0.909. The standard InChI is InChI=1S/C12H13BrN4O/c1-14-11-6-12(16-7-15-11)17-9-3-8(13)4-10(5-9)18-2/h3-7H,1-2H3,(H2,14,15,16,17). The van der Waals surface area contributed by atoms with Gasteiger partial charge in [0.05, 0.1) is 7.11 Å². The van der Waals surface area contributed by atoms with Crippen molar-refractivity contribution >= 4 is 33.3 Å². The molecule has 2 rings (SSSR count). The monoisotopic (exact) mass is 308 g/mol. The van der Waals surface area contributed by atoms with E-state index in [9.17, 15) is 0 Å². The Balaban J connectivity index is 2.24. The van der Waals surface area contributed by atoms with E-state index in [1.54, 1.807) is 7.11 Å². The zero-order valence-corrected chi connectivity index (χ0v) is 11.7. The van der Waals surface area contributed by atoms with Crippen LogP contribution in [0.25, 0.3) is 0 Å². The highest BCUT2D eigenvalue weighted by Gasteiger charge is 2.02. The molecule has 0 radical (unpaired) electrons. The van der Waals surface area contributed by atoms with Crippen molar-refractivity contribution in [2.24, 2.45) is 0 Å². The number of methoxy groups -OCH3 is 1. The van der Waals surface area contributed by atoms with Crippen LogP contribution in [0.4, 0.5) is 17.3 Å². The van der Waals surface area contributed by atoms with Crippen molar-refractivity contribution < 1.29 is 4.74 Å². The highest BCUT2D eigenvalue weighted by molar-refractivity contribution is 9.10. The topological polar surface area (TPSA) is 59.1 Å². The van der Waals surface area contributed by atoms with Gasteiger partial charge in [-0.05, 0) is 12.1 Å². The van der Waals surface area contributed by atoms with Crippen LogP contribution < -0.4 is 15.4 Å². The summed E-state index contributed by atoms with van der Waals surface area (Å²) in [6, 6.07) is 7.56. The molecule has 5 nitrogen and oxygen atoms in total. The summed E-state index contributed by atoms with van der Waals surface area (Å²) in [6.07, 6.45) is 1.50. The van der Waals surface area contributed by atoms with Crippen LogP contribution in [0, 0.1) is 0 Å². The molecule has 0 aliphatic carbocycles. The second-order valence-electron chi connectivity index (χ2n) is 3.54. The minimum absolute atomic E-state index is 0.717. The molecular weight excluding hydrogens is 296 g/mol. The van der Waals surface area contributed by atoms with Gasteiger partial charge in [0.25, 0.3) is 0 Å². The second-order valence-corrected chi connectivity index (χ2v) is 4.46. The Morgan fingerprint density at radius 3 is 2.61 bits per heavy atom. The molecule has 0 saturated carbocycles. The molecule has 0 fully saturated rings. The van der Waals surface area contributed by atoms with Gasteiger partial charge in [-0.3, -0.25) is 0 Å². The number of rotatable bonds is 4. The Bertz CT molecular complexity index is 547. The van der Waals surface area contributed by atoms with E-state index < -0.39 is 0 Å². The number of benzene rings is 1. The summed E-state index contributed by atoms with van der Waals surface area (Å²) in [7, 11) is 3.45. The van der Waals surface area contributed by atoms with Crippen molar-refractivity contribution in [1.29, 1.82) is 0 Å². The lowest BCUT2D eigenvalue weighted by atomic mass is 10.3. The number of halogens is 1. The summed E-state index contributed by atoms with van der Waals surface area (Å²) in [5, 5.41) is 6.16. The molecule has 18 heavy (non-hydrogen) atoms. The molecule has 94 valence electrons. The third kappa shape index (κ3) is 3.10. The molecule has 0 aliphatic rings. The van der Waals surface area contributed by atoms with Gasteiger partial charge in [-0.2, -0.15) is 0 Å². The van der Waals surface area contributed by atoms with E-state index in [1.807, 2.05) is 31.3 Å². The van der Waals surface area contributed by atoms with Crippen molar-refractivity contribution in [3.05, 3.63) is 35.1 Å². The second kappa shape index (κ2) is 5.68. The fraction of sp³-hybridized carbons (Fsp3) is 0.167. The SMILES string of the molecule is CNc1cc(Nc2cc(Br)cc(OC)c2)ncn1. The number of ether oxygens (including phenoxy) is 1. The Labute approximate surface area is 114 Å². The molecule has 0 amide bonds. The van der Waals surface area contributed by atoms with Gasteiger partial charge in [-0.1, -0.05) is 15.9 Å². The van der Waals surface area contributed by atoms with Gasteiger partial charge in [-0.25, -0.2) is 9.97 Å². The summed E-state index contributed by atoms with van der Waals surface area (Å²) in [5.41, 5.74) is 0.891. The Hall–Kier alpha value is -1.82. The molecule has 0 spiro atoms. The maximum atomic E-state index is 5.20. The van der Waals surface area contributed by atoms with Crippen LogP contribution in [-0.2, 0) is 0 Å². The van der Waals surface area contributed by atoms with Gasteiger partial charge in [-0.15, -0.1) is 0 Å². The first-order valence-corrected chi connectivity index (χ1v) is 6.12. The predicted octanol–water partition coefficient (Wildman–Crippen LogP) is 3.03. The Morgan fingerprint density at radius 1 is 1.11 bits per heavy atom. The zero-order chi connectivity index (χ0) is 13.0. The number of nitrogens with one attached hydrogen (secondary N) is 2. The maximum absolute atomic E-state index is 5.20. The van der Waals surface area contributed by atoms with Crippen LogP contribution in [0.1, 0.15) is 0 Å². The third-order valence-electron chi connectivity index (χ3n) is 2.30. The van der Waals surface area contributed by atoms with E-state index in [4.69, 9.17) is 4.74 Å². The predicted molar refractivity (Wildman–Crippen MR) is 75.6 cm³/mol. The van der Waals surface area contributed by atoms with Crippen LogP contribution in [0.5, 0.6) is 5.75 Å². The Morgan fingerprint density at radius 2 is 1.89 bits per heavy atom. The maximum Gasteiger partial charge on any atom is 0.135 e. The van der Waals surface area contributed by atoms with Crippen LogP contribution in [0.2, 0.25) is 0 Å². The minimum atomic E-state index is 0.717. The number of nitrogens with zero attached hydrogens (tertiary/aromatic N) is 2. The Kier molecular flexibility index (Phi) is 3.99. The molecular formula is C12H13BrN4O. The lowest BCUT2D eigenvalue weighted by Gasteiger charge is -2.09. The van der Waals surface area contributed by atoms with Crippen molar-refractivity contribution in [2.75, 3.05) is 24.8 Å². The van der Waals surface area contributed by atoms with Crippen LogP contribution in [0.3, 0.4) is 0 Å². The molecule has 1 heterocycles. The smallest absolute Gasteiger partial charge is 0.135 e. The average Bonchev–Trinajstić information content (AvgIpc) is 2.38. The normalized spacial score (nSPS) is 9.94. The first-order valence-electron chi connectivity index (χ1n) is 5.32. The number of anilines is 3. The summed E-state index contributed by atoms with van der Waals surface area (Å²) in [5.74, 6) is 2.25. The lowest BCUT2D eigenvalue weighted by molar-refractivity contribution is 0.415. The molecule has 0 saturated heterocycles. The van der Waals surface area contributed by atoms with E-state index in [1.165, 1.54) is 6.33 Å². The number of aromatic nitrogens is 2. The van der Waals surface area contributed by atoms with E-state index >= 15 is 0 Å². The van der Waals surface area contributed by atoms with Crippen molar-refractivity contribution in [3.8, 4) is 5.75 Å². The number of hydrogen-bond acceptors (Lipinski definition) is 5. The summed E-state index contributed by atoms with van der Waals surface area (Å²) >= 11 is 3.43. The summed E-state index contributed by atoms with van der Waals surface area (Å²) < 4.78 is 6.14. The first-order chi connectivity index (χ1) is 8.71. The van der Waals surface area contributed by atoms with Gasteiger partial charge in [0.2, 0.25) is 0 Å². The fourth-order valence-corrected chi connectivity index (χ4v) is 1.94. The van der Waals surface area contributed by atoms with Gasteiger partial charge in [0.15, 0.2) is 0 Å².